The number of rotatable bonds is 3. The monoisotopic (exact) mass is 312 g/mol. The predicted molar refractivity (Wildman–Crippen MR) is 88.3 cm³/mol. The number of carbonyl (C=O) groups excluding carboxylic acids is 1. The molecule has 0 saturated heterocycles. The van der Waals surface area contributed by atoms with Crippen molar-refractivity contribution in [1.82, 2.24) is 9.78 Å². The number of carbonyl (C=O) groups is 1. The first-order chi connectivity index (χ1) is 11.1. The van der Waals surface area contributed by atoms with E-state index in [1.807, 2.05) is 0 Å². The molecule has 0 radical (unpaired) electrons. The summed E-state index contributed by atoms with van der Waals surface area (Å²) in [6.07, 6.45) is 6.25. The Morgan fingerprint density at radius 1 is 1.26 bits per heavy atom. The number of ether oxygens (including phenoxy) is 1. The first-order valence-corrected chi connectivity index (χ1v) is 7.86. The number of benzene rings is 1. The molecule has 0 spiro atoms. The maximum Gasteiger partial charge on any atom is 0.359 e. The zero-order valence-electron chi connectivity index (χ0n) is 13.4. The second-order valence-electron chi connectivity index (χ2n) is 6.10. The van der Waals surface area contributed by atoms with Crippen LogP contribution >= 0.6 is 0 Å². The van der Waals surface area contributed by atoms with Gasteiger partial charge in [-0.3, -0.25) is 4.79 Å². The highest BCUT2D eigenvalue weighted by molar-refractivity contribution is 6.02. The lowest BCUT2D eigenvalue weighted by Gasteiger charge is -2.24. The van der Waals surface area contributed by atoms with Crippen LogP contribution in [0.15, 0.2) is 41.2 Å². The number of nitrogens with zero attached hydrogens (tertiary/aromatic N) is 2. The fourth-order valence-electron chi connectivity index (χ4n) is 2.94. The first-order valence-electron chi connectivity index (χ1n) is 7.86. The summed E-state index contributed by atoms with van der Waals surface area (Å²) in [5.41, 5.74) is -0.0232. The molecule has 0 unspecified atom stereocenters. The lowest BCUT2D eigenvalue weighted by molar-refractivity contribution is 0.0388. The molecule has 23 heavy (non-hydrogen) atoms. The third-order valence-electron chi connectivity index (χ3n) is 4.50. The summed E-state index contributed by atoms with van der Waals surface area (Å²) >= 11 is 0. The molecule has 0 bridgehead atoms. The Labute approximate surface area is 134 Å². The molecule has 5 heteroatoms. The molecule has 0 fully saturated rings. The van der Waals surface area contributed by atoms with Gasteiger partial charge < -0.3 is 4.74 Å². The molecule has 3 rings (SSSR count). The van der Waals surface area contributed by atoms with Crippen LogP contribution in [-0.4, -0.2) is 22.4 Å². The molecular weight excluding hydrogens is 292 g/mol. The molecule has 1 aliphatic rings. The molecule has 5 nitrogen and oxygen atoms in total. The highest BCUT2D eigenvalue weighted by atomic mass is 16.5. The average Bonchev–Trinajstić information content (AvgIpc) is 2.57. The van der Waals surface area contributed by atoms with Gasteiger partial charge in [0.2, 0.25) is 0 Å². The molecule has 1 aliphatic carbocycles. The van der Waals surface area contributed by atoms with Crippen LogP contribution in [0.25, 0.3) is 10.8 Å². The van der Waals surface area contributed by atoms with E-state index in [0.717, 1.165) is 12.8 Å². The van der Waals surface area contributed by atoms with E-state index >= 15 is 0 Å². The van der Waals surface area contributed by atoms with Crippen LogP contribution in [-0.2, 0) is 11.8 Å². The van der Waals surface area contributed by atoms with E-state index in [-0.39, 0.29) is 11.3 Å². The zero-order chi connectivity index (χ0) is 16.4. The Morgan fingerprint density at radius 3 is 2.70 bits per heavy atom. The van der Waals surface area contributed by atoms with E-state index in [4.69, 9.17) is 4.74 Å². The van der Waals surface area contributed by atoms with Crippen molar-refractivity contribution in [3.05, 3.63) is 52.5 Å². The van der Waals surface area contributed by atoms with Crippen LogP contribution in [0.4, 0.5) is 0 Å². The molecular formula is C18H20N2O3. The zero-order valence-corrected chi connectivity index (χ0v) is 13.4. The Balaban J connectivity index is 1.85. The van der Waals surface area contributed by atoms with E-state index in [2.05, 4.69) is 24.2 Å². The normalized spacial score (nSPS) is 20.6. The molecule has 1 aromatic carbocycles. The highest BCUT2D eigenvalue weighted by Crippen LogP contribution is 2.25. The van der Waals surface area contributed by atoms with E-state index < -0.39 is 5.97 Å². The van der Waals surface area contributed by atoms with Crippen molar-refractivity contribution in [3.63, 3.8) is 0 Å². The summed E-state index contributed by atoms with van der Waals surface area (Å²) in [5.74, 6) is 0.360. The Morgan fingerprint density at radius 2 is 1.96 bits per heavy atom. The second-order valence-corrected chi connectivity index (χ2v) is 6.10. The van der Waals surface area contributed by atoms with Crippen molar-refractivity contribution < 1.29 is 9.53 Å². The second kappa shape index (κ2) is 6.36. The lowest BCUT2D eigenvalue weighted by atomic mass is 9.85. The van der Waals surface area contributed by atoms with E-state index in [1.54, 1.807) is 31.3 Å². The quantitative estimate of drug-likeness (QED) is 0.646. The lowest BCUT2D eigenvalue weighted by Crippen LogP contribution is -2.26. The fourth-order valence-corrected chi connectivity index (χ4v) is 2.94. The SMILES string of the molecule is C[C@H]1CC=CC[C@@H]1COC(=O)c1nn(C)c(=O)c2ccccc12. The van der Waals surface area contributed by atoms with Gasteiger partial charge in [-0.15, -0.1) is 0 Å². The fraction of sp³-hybridized carbons (Fsp3) is 0.389. The summed E-state index contributed by atoms with van der Waals surface area (Å²) in [7, 11) is 1.54. The van der Waals surface area contributed by atoms with Gasteiger partial charge in [0.05, 0.1) is 12.0 Å². The topological polar surface area (TPSA) is 61.2 Å². The Hall–Kier alpha value is -2.43. The predicted octanol–water partition coefficient (Wildman–Crippen LogP) is 2.69. The van der Waals surface area contributed by atoms with Crippen LogP contribution in [0.1, 0.15) is 30.3 Å². The minimum Gasteiger partial charge on any atom is -0.461 e. The largest absolute Gasteiger partial charge is 0.461 e. The number of aromatic nitrogens is 2. The van der Waals surface area contributed by atoms with E-state index in [0.29, 0.717) is 29.2 Å². The molecule has 120 valence electrons. The third-order valence-corrected chi connectivity index (χ3v) is 4.50. The van der Waals surface area contributed by atoms with Gasteiger partial charge in [0.25, 0.3) is 5.56 Å². The molecule has 2 aromatic rings. The summed E-state index contributed by atoms with van der Waals surface area (Å²) in [6, 6.07) is 6.99. The van der Waals surface area contributed by atoms with Crippen molar-refractivity contribution in [2.45, 2.75) is 19.8 Å². The number of esters is 1. The van der Waals surface area contributed by atoms with Gasteiger partial charge in [-0.1, -0.05) is 37.3 Å². The van der Waals surface area contributed by atoms with E-state index in [9.17, 15) is 9.59 Å². The van der Waals surface area contributed by atoms with Gasteiger partial charge in [0.15, 0.2) is 5.69 Å². The number of allylic oxidation sites excluding steroid dienone is 2. The Kier molecular flexibility index (Phi) is 4.28. The number of aryl methyl sites for hydroxylation is 1. The highest BCUT2D eigenvalue weighted by Gasteiger charge is 2.22. The number of hydrogen-bond acceptors (Lipinski definition) is 4. The van der Waals surface area contributed by atoms with Crippen molar-refractivity contribution in [2.24, 2.45) is 18.9 Å². The van der Waals surface area contributed by atoms with Crippen molar-refractivity contribution >= 4 is 16.7 Å². The minimum absolute atomic E-state index is 0.196. The molecule has 0 N–H and O–H groups in total. The van der Waals surface area contributed by atoms with Gasteiger partial charge in [-0.2, -0.15) is 5.10 Å². The molecule has 0 saturated carbocycles. The third kappa shape index (κ3) is 3.04. The van der Waals surface area contributed by atoms with Crippen LogP contribution in [0.5, 0.6) is 0 Å². The maximum absolute atomic E-state index is 12.5. The summed E-state index contributed by atoms with van der Waals surface area (Å²) in [6.45, 7) is 2.55. The standard InChI is InChI=1S/C18H20N2O3/c1-12-7-3-4-8-13(12)11-23-18(22)16-14-9-5-6-10-15(14)17(21)20(2)19-16/h3-6,9-10,12-13H,7-8,11H2,1-2H3/t12-,13+/m0/s1. The number of hydrogen-bond donors (Lipinski definition) is 0. The summed E-state index contributed by atoms with van der Waals surface area (Å²) < 4.78 is 6.68. The van der Waals surface area contributed by atoms with E-state index in [1.165, 1.54) is 4.68 Å². The van der Waals surface area contributed by atoms with Gasteiger partial charge >= 0.3 is 5.97 Å². The van der Waals surface area contributed by atoms with Crippen LogP contribution in [0.3, 0.4) is 0 Å². The number of fused-ring (bicyclic) bond motifs is 1. The van der Waals surface area contributed by atoms with Crippen molar-refractivity contribution in [2.75, 3.05) is 6.61 Å². The molecule has 1 aromatic heterocycles. The van der Waals surface area contributed by atoms with Gasteiger partial charge in [-0.05, 0) is 30.7 Å². The molecule has 1 heterocycles. The van der Waals surface area contributed by atoms with Gasteiger partial charge in [-0.25, -0.2) is 9.48 Å². The van der Waals surface area contributed by atoms with Crippen LogP contribution in [0, 0.1) is 11.8 Å². The Bertz CT molecular complexity index is 823. The average molecular weight is 312 g/mol. The minimum atomic E-state index is -0.474. The molecule has 0 amide bonds. The summed E-state index contributed by atoms with van der Waals surface area (Å²) in [4.78, 5) is 24.5. The molecule has 2 atom stereocenters. The first kappa shape index (κ1) is 15.5. The van der Waals surface area contributed by atoms with Crippen molar-refractivity contribution in [1.29, 1.82) is 0 Å². The van der Waals surface area contributed by atoms with Gasteiger partial charge in [0, 0.05) is 12.4 Å². The molecule has 0 aliphatic heterocycles. The summed E-state index contributed by atoms with van der Waals surface area (Å²) in [5, 5.41) is 5.12. The van der Waals surface area contributed by atoms with Crippen molar-refractivity contribution in [3.8, 4) is 0 Å². The smallest absolute Gasteiger partial charge is 0.359 e. The maximum atomic E-state index is 12.5. The van der Waals surface area contributed by atoms with Gasteiger partial charge in [0.1, 0.15) is 0 Å². The van der Waals surface area contributed by atoms with Crippen LogP contribution in [0.2, 0.25) is 0 Å². The van der Waals surface area contributed by atoms with Crippen LogP contribution < -0.4 is 5.56 Å².